The Labute approximate surface area is 228 Å². The summed E-state index contributed by atoms with van der Waals surface area (Å²) in [6.07, 6.45) is 4.49. The third-order valence-corrected chi connectivity index (χ3v) is 5.43. The number of hydrogen-bond acceptors (Lipinski definition) is 5. The molecule has 0 radical (unpaired) electrons. The summed E-state index contributed by atoms with van der Waals surface area (Å²) in [5.74, 6) is -1.95. The fraction of sp³-hybridized carbons (Fsp3) is 0.125. The molecule has 1 amide bonds. The van der Waals surface area contributed by atoms with E-state index in [2.05, 4.69) is 10.3 Å². The van der Waals surface area contributed by atoms with Crippen LogP contribution in [0.3, 0.4) is 0 Å². The topological polar surface area (TPSA) is 85.4 Å². The Morgan fingerprint density at radius 1 is 1.12 bits per heavy atom. The average Bonchev–Trinajstić information content (AvgIpc) is 2.78. The van der Waals surface area contributed by atoms with Crippen molar-refractivity contribution < 1.29 is 48.6 Å². The summed E-state index contributed by atoms with van der Waals surface area (Å²) < 4.78 is 13.1. The number of halogens is 3. The summed E-state index contributed by atoms with van der Waals surface area (Å²) in [4.78, 5) is 29.8. The summed E-state index contributed by atoms with van der Waals surface area (Å²) in [5.41, 5.74) is 1.66. The number of benzene rings is 2. The molecule has 3 rings (SSSR count). The first-order chi connectivity index (χ1) is 15.8. The minimum Gasteiger partial charge on any atom is -0.548 e. The minimum absolute atomic E-state index is 0. The minimum atomic E-state index is -1.43. The number of aliphatic carboxylic acids is 1. The van der Waals surface area contributed by atoms with Crippen molar-refractivity contribution in [3.63, 3.8) is 0 Å². The first-order valence-corrected chi connectivity index (χ1v) is 10.6. The first kappa shape index (κ1) is 27.8. The molecule has 0 aliphatic carbocycles. The van der Waals surface area contributed by atoms with E-state index in [1.54, 1.807) is 29.2 Å². The summed E-state index contributed by atoms with van der Waals surface area (Å²) in [7, 11) is 1.81. The molecule has 2 aromatic carbocycles. The predicted octanol–water partition coefficient (Wildman–Crippen LogP) is 1.25. The van der Waals surface area contributed by atoms with Gasteiger partial charge < -0.3 is 20.1 Å². The van der Waals surface area contributed by atoms with Crippen molar-refractivity contribution in [2.24, 2.45) is 0 Å². The Bertz CT molecular complexity index is 1150. The largest absolute Gasteiger partial charge is 1.00 e. The van der Waals surface area contributed by atoms with Crippen molar-refractivity contribution in [1.82, 2.24) is 10.3 Å². The number of aromatic nitrogens is 1. The normalized spacial score (nSPS) is 11.5. The zero-order valence-corrected chi connectivity index (χ0v) is 22.0. The standard InChI is InChI=1S/C24H20Cl2FN3O3.Na/c1-30(21-13-10-16(27)14-28-21)17-11-8-15(9-12-17)4-2-7-20(24(32)33)29-23(31)22-18(25)5-3-6-19(22)26;/h2-6,8-14,20H,7H2,1H3,(H,29,31)(H,32,33);/q;+1/p-1/b4-2+;. The van der Waals surface area contributed by atoms with Gasteiger partial charge in [0.05, 0.1) is 33.8 Å². The van der Waals surface area contributed by atoms with Crippen LogP contribution in [0.4, 0.5) is 15.9 Å². The van der Waals surface area contributed by atoms with Crippen LogP contribution in [0.25, 0.3) is 6.08 Å². The number of rotatable bonds is 8. The van der Waals surface area contributed by atoms with E-state index in [-0.39, 0.29) is 51.6 Å². The van der Waals surface area contributed by atoms with E-state index in [9.17, 15) is 19.1 Å². The molecule has 3 aromatic rings. The zero-order chi connectivity index (χ0) is 24.0. The first-order valence-electron chi connectivity index (χ1n) is 9.84. The van der Waals surface area contributed by atoms with Crippen LogP contribution in [0, 0.1) is 5.82 Å². The third-order valence-electron chi connectivity index (χ3n) is 4.80. The molecule has 1 atom stereocenters. The van der Waals surface area contributed by atoms with Crippen LogP contribution in [0.1, 0.15) is 22.3 Å². The molecular formula is C24H19Cl2FN3NaO3. The van der Waals surface area contributed by atoms with Gasteiger partial charge in [-0.3, -0.25) is 4.79 Å². The van der Waals surface area contributed by atoms with E-state index in [1.807, 2.05) is 31.3 Å². The number of nitrogens with zero attached hydrogens (tertiary/aromatic N) is 2. The molecule has 1 unspecified atom stereocenters. The van der Waals surface area contributed by atoms with Crippen LogP contribution in [-0.4, -0.2) is 29.9 Å². The zero-order valence-electron chi connectivity index (χ0n) is 18.5. The SMILES string of the molecule is CN(c1ccc(/C=C/CC(NC(=O)c2c(Cl)cccc2Cl)C(=O)[O-])cc1)c1ccc(F)cn1.[Na+]. The number of amides is 1. The summed E-state index contributed by atoms with van der Waals surface area (Å²) in [5, 5.41) is 14.1. The van der Waals surface area contributed by atoms with E-state index >= 15 is 0 Å². The van der Waals surface area contributed by atoms with Crippen molar-refractivity contribution in [3.05, 3.63) is 93.9 Å². The molecule has 6 nitrogen and oxygen atoms in total. The van der Waals surface area contributed by atoms with Gasteiger partial charge in [0.1, 0.15) is 11.6 Å². The van der Waals surface area contributed by atoms with Crippen LogP contribution >= 0.6 is 23.2 Å². The van der Waals surface area contributed by atoms with Crippen molar-refractivity contribution in [1.29, 1.82) is 0 Å². The fourth-order valence-corrected chi connectivity index (χ4v) is 3.58. The molecule has 1 heterocycles. The van der Waals surface area contributed by atoms with Gasteiger partial charge in [-0.05, 0) is 48.4 Å². The van der Waals surface area contributed by atoms with Gasteiger partial charge in [-0.2, -0.15) is 0 Å². The number of carbonyl (C=O) groups is 2. The van der Waals surface area contributed by atoms with Gasteiger partial charge in [-0.1, -0.05) is 53.6 Å². The van der Waals surface area contributed by atoms with E-state index in [4.69, 9.17) is 23.2 Å². The Morgan fingerprint density at radius 3 is 2.32 bits per heavy atom. The summed E-state index contributed by atoms with van der Waals surface area (Å²) in [6, 6.07) is 13.6. The summed E-state index contributed by atoms with van der Waals surface area (Å²) in [6.45, 7) is 0. The van der Waals surface area contributed by atoms with Crippen LogP contribution in [0.15, 0.2) is 66.9 Å². The predicted molar refractivity (Wildman–Crippen MR) is 125 cm³/mol. The number of pyridine rings is 1. The molecule has 0 bridgehead atoms. The van der Waals surface area contributed by atoms with E-state index in [0.717, 1.165) is 17.4 Å². The number of carboxylic acids is 1. The molecule has 0 aliphatic heterocycles. The van der Waals surface area contributed by atoms with Crippen molar-refractivity contribution >= 4 is 52.7 Å². The number of carboxylic acid groups (broad SMARTS) is 1. The second kappa shape index (κ2) is 12.9. The number of anilines is 2. The Balaban J connectivity index is 0.00000408. The van der Waals surface area contributed by atoms with Gasteiger partial charge in [0.2, 0.25) is 0 Å². The fourth-order valence-electron chi connectivity index (χ4n) is 3.01. The van der Waals surface area contributed by atoms with Gasteiger partial charge in [-0.15, -0.1) is 0 Å². The number of carbonyl (C=O) groups excluding carboxylic acids is 2. The maximum Gasteiger partial charge on any atom is 1.00 e. The number of nitrogens with one attached hydrogen (secondary N) is 1. The molecule has 1 N–H and O–H groups in total. The maximum absolute atomic E-state index is 13.1. The quantitative estimate of drug-likeness (QED) is 0.462. The molecule has 0 saturated heterocycles. The van der Waals surface area contributed by atoms with Gasteiger partial charge >= 0.3 is 29.6 Å². The van der Waals surface area contributed by atoms with E-state index < -0.39 is 23.7 Å². The van der Waals surface area contributed by atoms with E-state index in [0.29, 0.717) is 5.82 Å². The molecule has 170 valence electrons. The maximum atomic E-state index is 13.1. The third kappa shape index (κ3) is 7.29. The van der Waals surface area contributed by atoms with E-state index in [1.165, 1.54) is 18.2 Å². The van der Waals surface area contributed by atoms with Gasteiger partial charge in [-0.25, -0.2) is 9.37 Å². The average molecular weight is 510 g/mol. The molecule has 0 spiro atoms. The van der Waals surface area contributed by atoms with Gasteiger partial charge in [0.25, 0.3) is 5.91 Å². The van der Waals surface area contributed by atoms with Gasteiger partial charge in [0.15, 0.2) is 0 Å². The van der Waals surface area contributed by atoms with Crippen LogP contribution in [0.2, 0.25) is 10.0 Å². The summed E-state index contributed by atoms with van der Waals surface area (Å²) >= 11 is 12.0. The van der Waals surface area contributed by atoms with Crippen LogP contribution < -0.4 is 44.9 Å². The molecular weight excluding hydrogens is 491 g/mol. The van der Waals surface area contributed by atoms with Gasteiger partial charge in [0, 0.05) is 12.7 Å². The molecule has 0 aliphatic rings. The van der Waals surface area contributed by atoms with Crippen molar-refractivity contribution in [2.75, 3.05) is 11.9 Å². The second-order valence-corrected chi connectivity index (χ2v) is 7.88. The second-order valence-electron chi connectivity index (χ2n) is 7.06. The Kier molecular flexibility index (Phi) is 10.5. The molecule has 10 heteroatoms. The van der Waals surface area contributed by atoms with Crippen LogP contribution in [-0.2, 0) is 4.79 Å². The Hall–Kier alpha value is -2.42. The molecule has 0 saturated carbocycles. The molecule has 34 heavy (non-hydrogen) atoms. The van der Waals surface area contributed by atoms with Crippen molar-refractivity contribution in [3.8, 4) is 0 Å². The van der Waals surface area contributed by atoms with Crippen molar-refractivity contribution in [2.45, 2.75) is 12.5 Å². The monoisotopic (exact) mass is 509 g/mol. The Morgan fingerprint density at radius 2 is 1.76 bits per heavy atom. The van der Waals surface area contributed by atoms with Crippen LogP contribution in [0.5, 0.6) is 0 Å². The number of hydrogen-bond donors (Lipinski definition) is 1. The smallest absolute Gasteiger partial charge is 0.548 e. The molecule has 0 fully saturated rings. The molecule has 1 aromatic heterocycles.